The van der Waals surface area contributed by atoms with Crippen molar-refractivity contribution in [1.82, 2.24) is 10.1 Å². The van der Waals surface area contributed by atoms with Gasteiger partial charge in [0.2, 0.25) is 5.89 Å². The average molecular weight is 192 g/mol. The van der Waals surface area contributed by atoms with Crippen LogP contribution in [-0.4, -0.2) is 15.9 Å². The minimum absolute atomic E-state index is 0.236. The van der Waals surface area contributed by atoms with E-state index >= 15 is 0 Å². The van der Waals surface area contributed by atoms with Gasteiger partial charge in [0.25, 0.3) is 0 Å². The van der Waals surface area contributed by atoms with Crippen molar-refractivity contribution in [2.75, 3.05) is 0 Å². The molecule has 2 aliphatic rings. The number of carbonyl (C=O) groups excluding carboxylic acids is 1. The Morgan fingerprint density at radius 3 is 2.57 bits per heavy atom. The molecule has 1 aromatic rings. The van der Waals surface area contributed by atoms with Crippen molar-refractivity contribution >= 4 is 5.78 Å². The molecule has 0 aliphatic heterocycles. The predicted molar refractivity (Wildman–Crippen MR) is 47.9 cm³/mol. The van der Waals surface area contributed by atoms with E-state index < -0.39 is 0 Å². The van der Waals surface area contributed by atoms with E-state index in [1.165, 1.54) is 19.3 Å². The Morgan fingerprint density at radius 1 is 1.21 bits per heavy atom. The van der Waals surface area contributed by atoms with Gasteiger partial charge in [-0.05, 0) is 12.8 Å². The van der Waals surface area contributed by atoms with Gasteiger partial charge in [-0.1, -0.05) is 11.6 Å². The maximum atomic E-state index is 10.8. The Kier molecular flexibility index (Phi) is 1.69. The van der Waals surface area contributed by atoms with Crippen LogP contribution >= 0.6 is 0 Å². The summed E-state index contributed by atoms with van der Waals surface area (Å²) in [6.45, 7) is 0. The molecule has 3 rings (SSSR count). The first kappa shape index (κ1) is 8.15. The van der Waals surface area contributed by atoms with Gasteiger partial charge in [-0.25, -0.2) is 0 Å². The fourth-order valence-electron chi connectivity index (χ4n) is 1.91. The molecule has 14 heavy (non-hydrogen) atoms. The van der Waals surface area contributed by atoms with Crippen LogP contribution in [0.4, 0.5) is 0 Å². The molecular weight excluding hydrogens is 180 g/mol. The Balaban J connectivity index is 1.73. The fraction of sp³-hybridized carbons (Fsp3) is 0.700. The summed E-state index contributed by atoms with van der Waals surface area (Å²) in [5.74, 6) is 2.56. The normalized spacial score (nSPS) is 23.3. The van der Waals surface area contributed by atoms with Gasteiger partial charge in [0, 0.05) is 24.7 Å². The fourth-order valence-corrected chi connectivity index (χ4v) is 1.91. The molecule has 2 fully saturated rings. The van der Waals surface area contributed by atoms with E-state index in [0.29, 0.717) is 24.5 Å². The summed E-state index contributed by atoms with van der Waals surface area (Å²) in [6.07, 6.45) is 4.81. The highest BCUT2D eigenvalue weighted by molar-refractivity contribution is 5.86. The lowest BCUT2D eigenvalue weighted by molar-refractivity contribution is -0.124. The van der Waals surface area contributed by atoms with Crippen molar-refractivity contribution in [2.24, 2.45) is 0 Å². The number of carbonyl (C=O) groups is 1. The average Bonchev–Trinajstić information content (AvgIpc) is 2.44. The number of nitrogens with zero attached hydrogens (tertiary/aromatic N) is 2. The van der Waals surface area contributed by atoms with E-state index in [-0.39, 0.29) is 5.92 Å². The quantitative estimate of drug-likeness (QED) is 0.716. The zero-order valence-corrected chi connectivity index (χ0v) is 7.90. The second-order valence-corrected chi connectivity index (χ2v) is 4.26. The first-order valence-electron chi connectivity index (χ1n) is 5.18. The van der Waals surface area contributed by atoms with E-state index in [1.54, 1.807) is 0 Å². The third-order valence-electron chi connectivity index (χ3n) is 3.23. The lowest BCUT2D eigenvalue weighted by Crippen LogP contribution is -2.22. The maximum Gasteiger partial charge on any atom is 0.229 e. The number of hydrogen-bond donors (Lipinski definition) is 0. The molecule has 0 aromatic carbocycles. The minimum atomic E-state index is 0.236. The first-order chi connectivity index (χ1) is 6.83. The molecule has 2 saturated carbocycles. The van der Waals surface area contributed by atoms with E-state index in [2.05, 4.69) is 10.1 Å². The third kappa shape index (κ3) is 1.17. The molecule has 0 radical (unpaired) electrons. The number of ketones is 1. The molecule has 4 heteroatoms. The summed E-state index contributed by atoms with van der Waals surface area (Å²) < 4.78 is 5.19. The summed E-state index contributed by atoms with van der Waals surface area (Å²) in [6, 6.07) is 0. The highest BCUT2D eigenvalue weighted by Gasteiger charge is 2.33. The van der Waals surface area contributed by atoms with Crippen molar-refractivity contribution < 1.29 is 9.32 Å². The van der Waals surface area contributed by atoms with Gasteiger partial charge in [0.15, 0.2) is 5.82 Å². The highest BCUT2D eigenvalue weighted by atomic mass is 16.5. The maximum absolute atomic E-state index is 10.8. The van der Waals surface area contributed by atoms with Crippen LogP contribution in [0.3, 0.4) is 0 Å². The second kappa shape index (κ2) is 2.90. The molecular formula is C10H12N2O2. The number of hydrogen-bond acceptors (Lipinski definition) is 4. The smallest absolute Gasteiger partial charge is 0.229 e. The zero-order valence-electron chi connectivity index (χ0n) is 7.90. The molecule has 0 bridgehead atoms. The monoisotopic (exact) mass is 192 g/mol. The van der Waals surface area contributed by atoms with Crippen LogP contribution in [0.15, 0.2) is 4.52 Å². The van der Waals surface area contributed by atoms with Crippen molar-refractivity contribution in [3.63, 3.8) is 0 Å². The largest absolute Gasteiger partial charge is 0.339 e. The number of aromatic nitrogens is 2. The van der Waals surface area contributed by atoms with Crippen molar-refractivity contribution in [2.45, 2.75) is 43.9 Å². The van der Waals surface area contributed by atoms with Crippen LogP contribution in [0, 0.1) is 0 Å². The SMILES string of the molecule is O=C1CC(c2noc(C3CCC3)n2)C1. The Morgan fingerprint density at radius 2 is 2.00 bits per heavy atom. The number of rotatable bonds is 2. The van der Waals surface area contributed by atoms with Crippen molar-refractivity contribution in [3.8, 4) is 0 Å². The van der Waals surface area contributed by atoms with Gasteiger partial charge >= 0.3 is 0 Å². The van der Waals surface area contributed by atoms with Gasteiger partial charge in [-0.2, -0.15) is 4.98 Å². The van der Waals surface area contributed by atoms with Gasteiger partial charge in [-0.15, -0.1) is 0 Å². The van der Waals surface area contributed by atoms with Crippen LogP contribution in [0.1, 0.15) is 55.7 Å². The second-order valence-electron chi connectivity index (χ2n) is 4.26. The third-order valence-corrected chi connectivity index (χ3v) is 3.23. The standard InChI is InChI=1S/C10H12N2O2/c13-8-4-7(5-8)9-11-10(14-12-9)6-2-1-3-6/h6-7H,1-5H2. The van der Waals surface area contributed by atoms with Crippen LogP contribution in [0.25, 0.3) is 0 Å². The molecule has 4 nitrogen and oxygen atoms in total. The zero-order chi connectivity index (χ0) is 9.54. The molecule has 0 N–H and O–H groups in total. The lowest BCUT2D eigenvalue weighted by atomic mass is 9.83. The molecule has 1 heterocycles. The van der Waals surface area contributed by atoms with Crippen molar-refractivity contribution in [1.29, 1.82) is 0 Å². The van der Waals surface area contributed by atoms with E-state index in [4.69, 9.17) is 4.52 Å². The Bertz CT molecular complexity index is 360. The van der Waals surface area contributed by atoms with E-state index in [9.17, 15) is 4.79 Å². The van der Waals surface area contributed by atoms with Crippen molar-refractivity contribution in [3.05, 3.63) is 11.7 Å². The molecule has 0 saturated heterocycles. The molecule has 0 spiro atoms. The molecule has 0 atom stereocenters. The summed E-state index contributed by atoms with van der Waals surface area (Å²) in [4.78, 5) is 15.2. The topological polar surface area (TPSA) is 56.0 Å². The number of Topliss-reactive ketones (excluding diaryl/α,β-unsaturated/α-hetero) is 1. The van der Waals surface area contributed by atoms with Gasteiger partial charge < -0.3 is 4.52 Å². The van der Waals surface area contributed by atoms with Crippen LogP contribution < -0.4 is 0 Å². The summed E-state index contributed by atoms with van der Waals surface area (Å²) in [7, 11) is 0. The van der Waals surface area contributed by atoms with E-state index in [1.807, 2.05) is 0 Å². The highest BCUT2D eigenvalue weighted by Crippen LogP contribution is 2.37. The van der Waals surface area contributed by atoms with Gasteiger partial charge in [0.05, 0.1) is 0 Å². The van der Waals surface area contributed by atoms with Crippen LogP contribution in [-0.2, 0) is 4.79 Å². The predicted octanol–water partition coefficient (Wildman–Crippen LogP) is 1.78. The summed E-state index contributed by atoms with van der Waals surface area (Å²) in [5.41, 5.74) is 0. The Hall–Kier alpha value is -1.19. The molecule has 1 aromatic heterocycles. The van der Waals surface area contributed by atoms with E-state index in [0.717, 1.165) is 11.7 Å². The molecule has 0 amide bonds. The lowest BCUT2D eigenvalue weighted by Gasteiger charge is -2.21. The van der Waals surface area contributed by atoms with Gasteiger partial charge in [0.1, 0.15) is 5.78 Å². The van der Waals surface area contributed by atoms with Crippen LogP contribution in [0.5, 0.6) is 0 Å². The minimum Gasteiger partial charge on any atom is -0.339 e. The first-order valence-corrected chi connectivity index (χ1v) is 5.18. The van der Waals surface area contributed by atoms with Gasteiger partial charge in [-0.3, -0.25) is 4.79 Å². The molecule has 0 unspecified atom stereocenters. The molecule has 2 aliphatic carbocycles. The summed E-state index contributed by atoms with van der Waals surface area (Å²) >= 11 is 0. The van der Waals surface area contributed by atoms with Crippen LogP contribution in [0.2, 0.25) is 0 Å². The Labute approximate surface area is 81.7 Å². The molecule has 74 valence electrons. The summed E-state index contributed by atoms with van der Waals surface area (Å²) in [5, 5.41) is 3.94.